The smallest absolute Gasteiger partial charge is 0.479 e. The molecule has 0 spiro atoms. The number of ether oxygens (including phenoxy) is 5. The molecule has 0 saturated carbocycles. The summed E-state index contributed by atoms with van der Waals surface area (Å²) in [5.74, 6) is -1.16. The monoisotopic (exact) mass is 621 g/mol. The van der Waals surface area contributed by atoms with E-state index in [2.05, 4.69) is 20.3 Å². The zero-order valence-corrected chi connectivity index (χ0v) is 24.3. The van der Waals surface area contributed by atoms with Crippen molar-refractivity contribution in [3.63, 3.8) is 0 Å². The highest BCUT2D eigenvalue weighted by Crippen LogP contribution is 2.36. The van der Waals surface area contributed by atoms with Gasteiger partial charge in [-0.2, -0.15) is 4.98 Å². The number of fused-ring (bicyclic) bond motifs is 1. The Morgan fingerprint density at radius 3 is 2.09 bits per heavy atom. The van der Waals surface area contributed by atoms with Gasteiger partial charge < -0.3 is 34.1 Å². The maximum atomic E-state index is 12.9. The number of aliphatic carboxylic acids is 1. The third kappa shape index (κ3) is 7.56. The minimum Gasteiger partial charge on any atom is -0.479 e. The van der Waals surface area contributed by atoms with Crippen LogP contribution in [0.2, 0.25) is 0 Å². The van der Waals surface area contributed by atoms with Gasteiger partial charge in [-0.25, -0.2) is 19.4 Å². The maximum absolute atomic E-state index is 12.9. The fraction of sp³-hybridized carbons (Fsp3) is 0.333. The standard InChI is InChI=1S/C30H31N5O10/c1-17(2)13-31-28-33-24-20(25(36)34-28)32-16-35(24)26-22(45-30(40)42-15-19-11-7-4-8-12-19)21(23(43-26)27(37)38)44-29(39)41-14-18-9-5-3-6-10-18/h3-12,16-17,21-23,26H,13-15H2,1-2H3,(H,37,38)(H2,31,33,34,36)/t21-,22+,23-,26+/m0/s1. The number of nitrogens with one attached hydrogen (secondary N) is 2. The molecule has 45 heavy (non-hydrogen) atoms. The lowest BCUT2D eigenvalue weighted by atomic mass is 10.1. The topological polar surface area (TPSA) is 193 Å². The van der Waals surface area contributed by atoms with Crippen molar-refractivity contribution in [1.82, 2.24) is 19.5 Å². The molecule has 0 aliphatic carbocycles. The largest absolute Gasteiger partial charge is 0.509 e. The summed E-state index contributed by atoms with van der Waals surface area (Å²) < 4.78 is 28.4. The maximum Gasteiger partial charge on any atom is 0.509 e. The molecular formula is C30H31N5O10. The number of carbonyl (C=O) groups is 3. The summed E-state index contributed by atoms with van der Waals surface area (Å²) in [5.41, 5.74) is 0.662. The minimum atomic E-state index is -1.82. The fourth-order valence-electron chi connectivity index (χ4n) is 4.54. The van der Waals surface area contributed by atoms with Crippen LogP contribution in [0.1, 0.15) is 31.2 Å². The molecule has 1 aliphatic rings. The third-order valence-corrected chi connectivity index (χ3v) is 6.68. The van der Waals surface area contributed by atoms with Crippen LogP contribution in [0.15, 0.2) is 71.8 Å². The number of carboxylic acid groups (broad SMARTS) is 1. The van der Waals surface area contributed by atoms with E-state index in [1.54, 1.807) is 60.7 Å². The van der Waals surface area contributed by atoms with E-state index in [1.165, 1.54) is 10.9 Å². The molecule has 3 N–H and O–H groups in total. The van der Waals surface area contributed by atoms with Crippen LogP contribution in [0.4, 0.5) is 15.5 Å². The van der Waals surface area contributed by atoms with Crippen LogP contribution in [-0.4, -0.2) is 67.8 Å². The summed E-state index contributed by atoms with van der Waals surface area (Å²) >= 11 is 0. The molecule has 0 bridgehead atoms. The Bertz CT molecular complexity index is 1690. The summed E-state index contributed by atoms with van der Waals surface area (Å²) in [6.45, 7) is 4.11. The zero-order valence-electron chi connectivity index (χ0n) is 24.3. The van der Waals surface area contributed by atoms with Crippen molar-refractivity contribution < 1.29 is 43.2 Å². The number of nitrogens with zero attached hydrogens (tertiary/aromatic N) is 3. The molecule has 15 nitrogen and oxygen atoms in total. The summed E-state index contributed by atoms with van der Waals surface area (Å²) in [7, 11) is 0. The Morgan fingerprint density at radius 2 is 1.53 bits per heavy atom. The van der Waals surface area contributed by atoms with Crippen LogP contribution >= 0.6 is 0 Å². The summed E-state index contributed by atoms with van der Waals surface area (Å²) in [5, 5.41) is 13.0. The third-order valence-electron chi connectivity index (χ3n) is 6.68. The van der Waals surface area contributed by atoms with Crippen molar-refractivity contribution in [1.29, 1.82) is 0 Å². The predicted octanol–water partition coefficient (Wildman–Crippen LogP) is 3.61. The van der Waals surface area contributed by atoms with Crippen LogP contribution < -0.4 is 10.9 Å². The molecule has 2 aromatic carbocycles. The number of H-pyrrole nitrogens is 1. The van der Waals surface area contributed by atoms with E-state index >= 15 is 0 Å². The Hall–Kier alpha value is -5.44. The van der Waals surface area contributed by atoms with Crippen molar-refractivity contribution in [2.24, 2.45) is 5.92 Å². The van der Waals surface area contributed by atoms with Crippen molar-refractivity contribution in [3.8, 4) is 0 Å². The number of carbonyl (C=O) groups excluding carboxylic acids is 2. The lowest BCUT2D eigenvalue weighted by Crippen LogP contribution is -2.42. The van der Waals surface area contributed by atoms with E-state index in [0.29, 0.717) is 17.7 Å². The number of rotatable bonds is 11. The van der Waals surface area contributed by atoms with Gasteiger partial charge in [0, 0.05) is 6.54 Å². The van der Waals surface area contributed by atoms with Crippen molar-refractivity contribution in [3.05, 3.63) is 88.5 Å². The molecule has 5 rings (SSSR count). The summed E-state index contributed by atoms with van der Waals surface area (Å²) in [6.07, 6.45) is -7.80. The normalized spacial score (nSPS) is 19.3. The first-order valence-corrected chi connectivity index (χ1v) is 14.0. The summed E-state index contributed by atoms with van der Waals surface area (Å²) in [4.78, 5) is 61.9. The molecule has 0 amide bonds. The lowest BCUT2D eigenvalue weighted by Gasteiger charge is -2.23. The van der Waals surface area contributed by atoms with Crippen LogP contribution in [0.25, 0.3) is 11.2 Å². The molecule has 236 valence electrons. The van der Waals surface area contributed by atoms with Gasteiger partial charge in [0.15, 0.2) is 35.7 Å². The lowest BCUT2D eigenvalue weighted by molar-refractivity contribution is -0.155. The number of benzene rings is 2. The molecule has 3 heterocycles. The molecule has 0 radical (unpaired) electrons. The van der Waals surface area contributed by atoms with Gasteiger partial charge in [0.25, 0.3) is 5.56 Å². The van der Waals surface area contributed by atoms with Gasteiger partial charge in [0.1, 0.15) is 13.2 Å². The van der Waals surface area contributed by atoms with E-state index < -0.39 is 48.4 Å². The number of hydrogen-bond donors (Lipinski definition) is 3. The van der Waals surface area contributed by atoms with Crippen LogP contribution in [-0.2, 0) is 41.7 Å². The Balaban J connectivity index is 1.44. The minimum absolute atomic E-state index is 0.00213. The average molecular weight is 622 g/mol. The fourth-order valence-corrected chi connectivity index (χ4v) is 4.54. The molecule has 0 unspecified atom stereocenters. The molecule has 15 heteroatoms. The number of aromatic nitrogens is 4. The van der Waals surface area contributed by atoms with Crippen molar-refractivity contribution in [2.75, 3.05) is 11.9 Å². The van der Waals surface area contributed by atoms with E-state index in [1.807, 2.05) is 13.8 Å². The SMILES string of the molecule is CC(C)CNc1nc2c(ncn2[C@@H]2O[C@H](C(=O)O)[C@@H](OC(=O)OCc3ccccc3)[C@H]2OC(=O)OCc2ccccc2)c(=O)[nH]1. The van der Waals surface area contributed by atoms with Crippen LogP contribution in [0.3, 0.4) is 0 Å². The number of hydrogen-bond acceptors (Lipinski definition) is 12. The van der Waals surface area contributed by atoms with Crippen molar-refractivity contribution >= 4 is 35.4 Å². The first kappa shape index (κ1) is 31.0. The molecule has 4 atom stereocenters. The molecule has 1 aliphatic heterocycles. The summed E-state index contributed by atoms with van der Waals surface area (Å²) in [6, 6.07) is 17.5. The van der Waals surface area contributed by atoms with Gasteiger partial charge in [-0.05, 0) is 17.0 Å². The van der Waals surface area contributed by atoms with Gasteiger partial charge in [0.05, 0.1) is 6.33 Å². The molecule has 1 fully saturated rings. The Kier molecular flexibility index (Phi) is 9.57. The quantitative estimate of drug-likeness (QED) is 0.206. The Labute approximate surface area is 256 Å². The first-order valence-electron chi connectivity index (χ1n) is 14.0. The van der Waals surface area contributed by atoms with Gasteiger partial charge in [-0.3, -0.25) is 14.3 Å². The van der Waals surface area contributed by atoms with E-state index in [0.717, 1.165) is 0 Å². The number of anilines is 1. The van der Waals surface area contributed by atoms with E-state index in [4.69, 9.17) is 23.7 Å². The highest BCUT2D eigenvalue weighted by molar-refractivity contribution is 5.75. The van der Waals surface area contributed by atoms with Gasteiger partial charge in [-0.15, -0.1) is 0 Å². The second kappa shape index (κ2) is 13.9. The van der Waals surface area contributed by atoms with Crippen LogP contribution in [0, 0.1) is 5.92 Å². The van der Waals surface area contributed by atoms with Crippen LogP contribution in [0.5, 0.6) is 0 Å². The highest BCUT2D eigenvalue weighted by atomic mass is 16.8. The zero-order chi connectivity index (χ0) is 31.9. The number of aromatic amines is 1. The van der Waals surface area contributed by atoms with E-state index in [9.17, 15) is 24.3 Å². The number of carboxylic acids is 1. The highest BCUT2D eigenvalue weighted by Gasteiger charge is 2.55. The van der Waals surface area contributed by atoms with E-state index in [-0.39, 0.29) is 36.2 Å². The molecular weight excluding hydrogens is 590 g/mol. The Morgan fingerprint density at radius 1 is 0.956 bits per heavy atom. The average Bonchev–Trinajstić information content (AvgIpc) is 3.60. The number of imidazole rings is 1. The van der Waals surface area contributed by atoms with Gasteiger partial charge in [0.2, 0.25) is 5.95 Å². The van der Waals surface area contributed by atoms with Crippen molar-refractivity contribution in [2.45, 2.75) is 51.6 Å². The van der Waals surface area contributed by atoms with Gasteiger partial charge in [-0.1, -0.05) is 74.5 Å². The molecule has 2 aromatic heterocycles. The second-order valence-electron chi connectivity index (χ2n) is 10.5. The van der Waals surface area contributed by atoms with Gasteiger partial charge >= 0.3 is 18.3 Å². The first-order chi connectivity index (χ1) is 21.7. The second-order valence-corrected chi connectivity index (χ2v) is 10.5. The predicted molar refractivity (Wildman–Crippen MR) is 156 cm³/mol. The molecule has 4 aromatic rings. The molecule has 1 saturated heterocycles.